The molecule has 1 atom stereocenters. The van der Waals surface area contributed by atoms with Crippen LogP contribution >= 0.6 is 0 Å². The maximum Gasteiger partial charge on any atom is 0.246 e. The van der Waals surface area contributed by atoms with E-state index in [1.807, 2.05) is 0 Å². The Morgan fingerprint density at radius 1 is 1.16 bits per heavy atom. The Labute approximate surface area is 113 Å². The Kier molecular flexibility index (Phi) is 7.57. The molecule has 1 saturated heterocycles. The molecule has 7 heteroatoms. The summed E-state index contributed by atoms with van der Waals surface area (Å²) in [6.45, 7) is 3.18. The number of likely N-dealkylation sites (tertiary alicyclic amines) is 1. The van der Waals surface area contributed by atoms with Crippen molar-refractivity contribution in [1.82, 2.24) is 10.2 Å². The molecule has 0 aromatic heterocycles. The molecule has 2 amide bonds. The number of amides is 2. The molecule has 110 valence electrons. The average molecular weight is 274 g/mol. The Bertz CT molecular complexity index is 298. The molecule has 1 N–H and O–H groups in total. The van der Waals surface area contributed by atoms with E-state index < -0.39 is 6.04 Å². The van der Waals surface area contributed by atoms with Crippen molar-refractivity contribution in [2.24, 2.45) is 0 Å². The van der Waals surface area contributed by atoms with Crippen LogP contribution in [0, 0.1) is 0 Å². The van der Waals surface area contributed by atoms with Gasteiger partial charge in [-0.05, 0) is 0 Å². The topological polar surface area (TPSA) is 77.1 Å². The minimum absolute atomic E-state index is 0.144. The molecule has 1 unspecified atom stereocenters. The molecule has 19 heavy (non-hydrogen) atoms. The van der Waals surface area contributed by atoms with Gasteiger partial charge in [0.05, 0.1) is 45.5 Å². The maximum atomic E-state index is 11.6. The predicted octanol–water partition coefficient (Wildman–Crippen LogP) is -0.987. The van der Waals surface area contributed by atoms with E-state index in [1.54, 1.807) is 7.11 Å². The van der Waals surface area contributed by atoms with Gasteiger partial charge in [0.15, 0.2) is 0 Å². The van der Waals surface area contributed by atoms with Crippen molar-refractivity contribution in [3.63, 3.8) is 0 Å². The lowest BCUT2D eigenvalue weighted by molar-refractivity contribution is -0.137. The molecular formula is C12H22N2O5. The molecule has 0 saturated carbocycles. The fraction of sp³-hybridized carbons (Fsp3) is 0.833. The number of hydrogen-bond acceptors (Lipinski definition) is 6. The van der Waals surface area contributed by atoms with Gasteiger partial charge in [0.1, 0.15) is 0 Å². The highest BCUT2D eigenvalue weighted by Crippen LogP contribution is 2.09. The van der Waals surface area contributed by atoms with Crippen LogP contribution in [-0.4, -0.2) is 76.5 Å². The molecule has 0 aromatic rings. The van der Waals surface area contributed by atoms with Crippen LogP contribution in [0.15, 0.2) is 0 Å². The van der Waals surface area contributed by atoms with Crippen molar-refractivity contribution in [2.45, 2.75) is 12.5 Å². The number of hydrogen-bond donors (Lipinski definition) is 1. The smallest absolute Gasteiger partial charge is 0.246 e. The third kappa shape index (κ3) is 5.65. The van der Waals surface area contributed by atoms with Crippen LogP contribution in [0.1, 0.15) is 6.42 Å². The lowest BCUT2D eigenvalue weighted by Gasteiger charge is -2.11. The molecular weight excluding hydrogens is 252 g/mol. The fourth-order valence-corrected chi connectivity index (χ4v) is 1.68. The van der Waals surface area contributed by atoms with Crippen molar-refractivity contribution in [3.8, 4) is 0 Å². The van der Waals surface area contributed by atoms with E-state index in [9.17, 15) is 9.59 Å². The minimum atomic E-state index is -0.404. The SMILES string of the molecule is COCCOCCOCCNC1CC(=O)N(C)C1=O. The summed E-state index contributed by atoms with van der Waals surface area (Å²) in [5.41, 5.74) is 0. The summed E-state index contributed by atoms with van der Waals surface area (Å²) in [5, 5.41) is 3.01. The summed E-state index contributed by atoms with van der Waals surface area (Å²) in [5.74, 6) is -0.317. The summed E-state index contributed by atoms with van der Waals surface area (Å²) in [6.07, 6.45) is 0.232. The number of rotatable bonds is 10. The van der Waals surface area contributed by atoms with Gasteiger partial charge < -0.3 is 19.5 Å². The zero-order chi connectivity index (χ0) is 14.1. The summed E-state index contributed by atoms with van der Waals surface area (Å²) >= 11 is 0. The molecule has 7 nitrogen and oxygen atoms in total. The van der Waals surface area contributed by atoms with Crippen molar-refractivity contribution < 1.29 is 23.8 Å². The molecule has 0 spiro atoms. The lowest BCUT2D eigenvalue weighted by Crippen LogP contribution is -2.38. The summed E-state index contributed by atoms with van der Waals surface area (Å²) in [4.78, 5) is 24.0. The van der Waals surface area contributed by atoms with E-state index in [-0.39, 0.29) is 18.2 Å². The monoisotopic (exact) mass is 274 g/mol. The Morgan fingerprint density at radius 2 is 1.79 bits per heavy atom. The number of likely N-dealkylation sites (N-methyl/N-ethyl adjacent to an activating group) is 1. The third-order valence-electron chi connectivity index (χ3n) is 2.82. The first-order valence-electron chi connectivity index (χ1n) is 6.35. The van der Waals surface area contributed by atoms with Crippen molar-refractivity contribution in [1.29, 1.82) is 0 Å². The van der Waals surface area contributed by atoms with Gasteiger partial charge in [0.25, 0.3) is 0 Å². The fourth-order valence-electron chi connectivity index (χ4n) is 1.68. The highest BCUT2D eigenvalue weighted by Gasteiger charge is 2.35. The molecule has 0 aliphatic carbocycles. The zero-order valence-electron chi connectivity index (χ0n) is 11.5. The summed E-state index contributed by atoms with van der Waals surface area (Å²) < 4.78 is 15.4. The van der Waals surface area contributed by atoms with Gasteiger partial charge in [-0.3, -0.25) is 14.5 Å². The highest BCUT2D eigenvalue weighted by atomic mass is 16.5. The predicted molar refractivity (Wildman–Crippen MR) is 67.7 cm³/mol. The van der Waals surface area contributed by atoms with Gasteiger partial charge >= 0.3 is 0 Å². The van der Waals surface area contributed by atoms with Crippen molar-refractivity contribution in [2.75, 3.05) is 53.7 Å². The first-order valence-corrected chi connectivity index (χ1v) is 6.35. The van der Waals surface area contributed by atoms with Crippen LogP contribution in [-0.2, 0) is 23.8 Å². The maximum absolute atomic E-state index is 11.6. The van der Waals surface area contributed by atoms with Crippen molar-refractivity contribution >= 4 is 11.8 Å². The number of imide groups is 1. The first kappa shape index (κ1) is 16.0. The first-order chi connectivity index (χ1) is 9.16. The second-order valence-electron chi connectivity index (χ2n) is 4.22. The molecule has 1 rings (SSSR count). The number of ether oxygens (including phenoxy) is 3. The number of nitrogens with one attached hydrogen (secondary N) is 1. The van der Waals surface area contributed by atoms with Gasteiger partial charge in [-0.2, -0.15) is 0 Å². The summed E-state index contributed by atoms with van der Waals surface area (Å²) in [6, 6.07) is -0.404. The van der Waals surface area contributed by atoms with Crippen LogP contribution in [0.25, 0.3) is 0 Å². The number of nitrogens with zero attached hydrogens (tertiary/aromatic N) is 1. The second kappa shape index (κ2) is 8.98. The van der Waals surface area contributed by atoms with Crippen molar-refractivity contribution in [3.05, 3.63) is 0 Å². The molecule has 0 aromatic carbocycles. The van der Waals surface area contributed by atoms with E-state index in [4.69, 9.17) is 14.2 Å². The standard InChI is InChI=1S/C12H22N2O5/c1-14-11(15)9-10(12(14)16)13-3-4-18-7-8-19-6-5-17-2/h10,13H,3-9H2,1-2H3. The Hall–Kier alpha value is -1.02. The molecule has 1 aliphatic rings. The van der Waals surface area contributed by atoms with Crippen LogP contribution < -0.4 is 5.32 Å². The molecule has 1 fully saturated rings. The van der Waals surface area contributed by atoms with Gasteiger partial charge in [-0.1, -0.05) is 0 Å². The Morgan fingerprint density at radius 3 is 2.37 bits per heavy atom. The third-order valence-corrected chi connectivity index (χ3v) is 2.82. The summed E-state index contributed by atoms with van der Waals surface area (Å²) in [7, 11) is 3.12. The molecule has 1 heterocycles. The van der Waals surface area contributed by atoms with E-state index >= 15 is 0 Å². The Balaban J connectivity index is 1.94. The molecule has 0 radical (unpaired) electrons. The van der Waals surface area contributed by atoms with E-state index in [0.29, 0.717) is 39.6 Å². The van der Waals surface area contributed by atoms with E-state index in [0.717, 1.165) is 4.90 Å². The van der Waals surface area contributed by atoms with Gasteiger partial charge in [-0.15, -0.1) is 0 Å². The van der Waals surface area contributed by atoms with Crippen LogP contribution in [0.2, 0.25) is 0 Å². The van der Waals surface area contributed by atoms with Crippen LogP contribution in [0.3, 0.4) is 0 Å². The normalized spacial score (nSPS) is 19.5. The van der Waals surface area contributed by atoms with Gasteiger partial charge in [-0.25, -0.2) is 0 Å². The minimum Gasteiger partial charge on any atom is -0.382 e. The second-order valence-corrected chi connectivity index (χ2v) is 4.22. The van der Waals surface area contributed by atoms with E-state index in [1.165, 1.54) is 7.05 Å². The average Bonchev–Trinajstić information content (AvgIpc) is 2.64. The van der Waals surface area contributed by atoms with Gasteiger partial charge in [0, 0.05) is 20.7 Å². The molecule has 1 aliphatic heterocycles. The highest BCUT2D eigenvalue weighted by molar-refractivity contribution is 6.05. The molecule has 0 bridgehead atoms. The van der Waals surface area contributed by atoms with Crippen LogP contribution in [0.4, 0.5) is 0 Å². The zero-order valence-corrected chi connectivity index (χ0v) is 11.5. The van der Waals surface area contributed by atoms with Gasteiger partial charge in [0.2, 0.25) is 11.8 Å². The lowest BCUT2D eigenvalue weighted by atomic mass is 10.2. The van der Waals surface area contributed by atoms with Crippen LogP contribution in [0.5, 0.6) is 0 Å². The number of carbonyl (C=O) groups is 2. The largest absolute Gasteiger partial charge is 0.382 e. The number of carbonyl (C=O) groups excluding carboxylic acids is 2. The quantitative estimate of drug-likeness (QED) is 0.407. The van der Waals surface area contributed by atoms with E-state index in [2.05, 4.69) is 5.32 Å². The number of methoxy groups -OCH3 is 1.